The van der Waals surface area contributed by atoms with E-state index in [1.165, 1.54) is 23.8 Å². The Hall–Kier alpha value is -3.57. The maximum atomic E-state index is 13.7. The van der Waals surface area contributed by atoms with Crippen LogP contribution in [0.15, 0.2) is 85.1 Å². The molecule has 0 fully saturated rings. The molecule has 1 N–H and O–H groups in total. The molecular weight excluding hydrogens is 449 g/mol. The molecule has 0 spiro atoms. The van der Waals surface area contributed by atoms with E-state index in [4.69, 9.17) is 11.6 Å². The second-order valence-corrected chi connectivity index (χ2v) is 9.25. The summed E-state index contributed by atoms with van der Waals surface area (Å²) < 4.78 is 15.8. The van der Waals surface area contributed by atoms with Gasteiger partial charge in [0.1, 0.15) is 5.82 Å². The maximum absolute atomic E-state index is 13.7. The fraction of sp³-hybridized carbons (Fsp3) is 0.179. The number of rotatable bonds is 3. The van der Waals surface area contributed by atoms with Crippen molar-refractivity contribution in [2.45, 2.75) is 32.4 Å². The van der Waals surface area contributed by atoms with Gasteiger partial charge < -0.3 is 14.8 Å². The number of carbonyl (C=O) groups excluding carboxylic acids is 1. The summed E-state index contributed by atoms with van der Waals surface area (Å²) >= 11 is 5.95. The van der Waals surface area contributed by atoms with Crippen molar-refractivity contribution in [2.24, 2.45) is 0 Å². The van der Waals surface area contributed by atoms with Gasteiger partial charge in [-0.15, -0.1) is 0 Å². The Morgan fingerprint density at radius 2 is 1.79 bits per heavy atom. The van der Waals surface area contributed by atoms with Crippen molar-refractivity contribution in [3.05, 3.63) is 118 Å². The molecule has 1 aliphatic heterocycles. The zero-order valence-electron chi connectivity index (χ0n) is 19.0. The van der Waals surface area contributed by atoms with E-state index in [1.54, 1.807) is 0 Å². The molecule has 1 aromatic heterocycles. The van der Waals surface area contributed by atoms with Crippen LogP contribution in [-0.4, -0.2) is 15.5 Å². The molecule has 4 aromatic rings. The Morgan fingerprint density at radius 1 is 1.03 bits per heavy atom. The Labute approximate surface area is 203 Å². The highest BCUT2D eigenvalue weighted by Crippen LogP contribution is 2.37. The largest absolute Gasteiger partial charge is 0.322 e. The molecule has 172 valence electrons. The first-order valence-electron chi connectivity index (χ1n) is 11.3. The van der Waals surface area contributed by atoms with Crippen molar-refractivity contribution >= 4 is 23.3 Å². The van der Waals surface area contributed by atoms with Gasteiger partial charge in [-0.25, -0.2) is 9.18 Å². The van der Waals surface area contributed by atoms with E-state index in [2.05, 4.69) is 60.1 Å². The van der Waals surface area contributed by atoms with Gasteiger partial charge in [-0.1, -0.05) is 67.9 Å². The SMILES string of the molecule is CC(C)c1ccc(C2c3cccn3-c3ccccc3CN2C(=O)Nc2ccc(F)c(Cl)c2)cc1. The molecule has 3 aromatic carbocycles. The molecule has 0 saturated heterocycles. The van der Waals surface area contributed by atoms with Crippen LogP contribution in [0, 0.1) is 5.82 Å². The second-order valence-electron chi connectivity index (χ2n) is 8.84. The molecule has 2 amide bonds. The highest BCUT2D eigenvalue weighted by Gasteiger charge is 2.33. The van der Waals surface area contributed by atoms with Gasteiger partial charge in [0.2, 0.25) is 0 Å². The lowest BCUT2D eigenvalue weighted by Crippen LogP contribution is -2.37. The van der Waals surface area contributed by atoms with Crippen LogP contribution in [0.2, 0.25) is 5.02 Å². The zero-order chi connectivity index (χ0) is 23.8. The highest BCUT2D eigenvalue weighted by molar-refractivity contribution is 6.31. The van der Waals surface area contributed by atoms with Crippen LogP contribution >= 0.6 is 11.6 Å². The zero-order valence-corrected chi connectivity index (χ0v) is 19.8. The Balaban J connectivity index is 1.60. The molecule has 4 nitrogen and oxygen atoms in total. The van der Waals surface area contributed by atoms with Gasteiger partial charge in [0.05, 0.1) is 23.3 Å². The number of nitrogens with one attached hydrogen (secondary N) is 1. The third-order valence-electron chi connectivity index (χ3n) is 6.31. The molecule has 1 atom stereocenters. The summed E-state index contributed by atoms with van der Waals surface area (Å²) in [7, 11) is 0. The van der Waals surface area contributed by atoms with Crippen molar-refractivity contribution in [3.63, 3.8) is 0 Å². The second kappa shape index (κ2) is 8.99. The van der Waals surface area contributed by atoms with E-state index in [0.29, 0.717) is 18.2 Å². The smallest absolute Gasteiger partial charge is 0.318 e. The number of para-hydroxylation sites is 1. The number of aromatic nitrogens is 1. The molecule has 34 heavy (non-hydrogen) atoms. The number of carbonyl (C=O) groups is 1. The molecule has 0 bridgehead atoms. The topological polar surface area (TPSA) is 37.3 Å². The van der Waals surface area contributed by atoms with Crippen LogP contribution in [0.25, 0.3) is 5.69 Å². The average molecular weight is 474 g/mol. The predicted octanol–water partition coefficient (Wildman–Crippen LogP) is 7.53. The molecule has 1 aliphatic rings. The Morgan fingerprint density at radius 3 is 2.53 bits per heavy atom. The quantitative estimate of drug-likeness (QED) is 0.328. The summed E-state index contributed by atoms with van der Waals surface area (Å²) in [5.74, 6) is -0.108. The van der Waals surface area contributed by atoms with Crippen LogP contribution < -0.4 is 5.32 Å². The number of amides is 2. The first kappa shape index (κ1) is 22.2. The summed E-state index contributed by atoms with van der Waals surface area (Å²) in [6, 6.07) is 24.2. The first-order valence-corrected chi connectivity index (χ1v) is 11.7. The number of fused-ring (bicyclic) bond motifs is 3. The summed E-state index contributed by atoms with van der Waals surface area (Å²) in [4.78, 5) is 15.5. The molecule has 0 saturated carbocycles. The van der Waals surface area contributed by atoms with Crippen LogP contribution in [0.3, 0.4) is 0 Å². The normalized spacial score (nSPS) is 15.0. The molecule has 2 heterocycles. The third kappa shape index (κ3) is 4.08. The Bertz CT molecular complexity index is 1350. The monoisotopic (exact) mass is 473 g/mol. The molecule has 1 unspecified atom stereocenters. The van der Waals surface area contributed by atoms with E-state index in [-0.39, 0.29) is 17.1 Å². The lowest BCUT2D eigenvalue weighted by molar-refractivity contribution is 0.194. The van der Waals surface area contributed by atoms with Gasteiger partial charge in [-0.2, -0.15) is 0 Å². The van der Waals surface area contributed by atoms with Crippen molar-refractivity contribution in [3.8, 4) is 5.69 Å². The summed E-state index contributed by atoms with van der Waals surface area (Å²) in [6.07, 6.45) is 2.03. The van der Waals surface area contributed by atoms with Gasteiger partial charge in [0.15, 0.2) is 0 Å². The van der Waals surface area contributed by atoms with Crippen molar-refractivity contribution in [1.29, 1.82) is 0 Å². The third-order valence-corrected chi connectivity index (χ3v) is 6.60. The van der Waals surface area contributed by atoms with E-state index in [0.717, 1.165) is 22.5 Å². The minimum Gasteiger partial charge on any atom is -0.318 e. The molecule has 0 aliphatic carbocycles. The highest BCUT2D eigenvalue weighted by atomic mass is 35.5. The summed E-state index contributed by atoms with van der Waals surface area (Å²) in [5.41, 5.74) is 5.78. The fourth-order valence-corrected chi connectivity index (χ4v) is 4.70. The summed E-state index contributed by atoms with van der Waals surface area (Å²) in [6.45, 7) is 4.74. The minimum atomic E-state index is -0.524. The number of hydrogen-bond acceptors (Lipinski definition) is 1. The summed E-state index contributed by atoms with van der Waals surface area (Å²) in [5, 5.41) is 2.88. The maximum Gasteiger partial charge on any atom is 0.322 e. The van der Waals surface area contributed by atoms with E-state index >= 15 is 0 Å². The van der Waals surface area contributed by atoms with Gasteiger partial charge in [-0.3, -0.25) is 0 Å². The predicted molar refractivity (Wildman–Crippen MR) is 134 cm³/mol. The molecule has 6 heteroatoms. The first-order chi connectivity index (χ1) is 16.4. The van der Waals surface area contributed by atoms with Gasteiger partial charge in [0.25, 0.3) is 0 Å². The lowest BCUT2D eigenvalue weighted by Gasteiger charge is -2.31. The van der Waals surface area contributed by atoms with E-state index in [9.17, 15) is 9.18 Å². The number of anilines is 1. The number of urea groups is 1. The van der Waals surface area contributed by atoms with Gasteiger partial charge >= 0.3 is 6.03 Å². The van der Waals surface area contributed by atoms with Crippen molar-refractivity contribution in [1.82, 2.24) is 9.47 Å². The molecule has 5 rings (SSSR count). The lowest BCUT2D eigenvalue weighted by atomic mass is 9.97. The van der Waals surface area contributed by atoms with Gasteiger partial charge in [0, 0.05) is 17.6 Å². The van der Waals surface area contributed by atoms with Crippen LogP contribution in [0.4, 0.5) is 14.9 Å². The average Bonchev–Trinajstić information content (AvgIpc) is 3.26. The van der Waals surface area contributed by atoms with E-state index in [1.807, 2.05) is 35.4 Å². The van der Waals surface area contributed by atoms with Gasteiger partial charge in [-0.05, 0) is 59.0 Å². The van der Waals surface area contributed by atoms with E-state index < -0.39 is 5.82 Å². The minimum absolute atomic E-state index is 0.0336. The molecule has 0 radical (unpaired) electrons. The van der Waals surface area contributed by atoms with Crippen molar-refractivity contribution < 1.29 is 9.18 Å². The van der Waals surface area contributed by atoms with Crippen molar-refractivity contribution in [2.75, 3.05) is 5.32 Å². The fourth-order valence-electron chi connectivity index (χ4n) is 4.52. The number of nitrogens with zero attached hydrogens (tertiary/aromatic N) is 2. The number of benzene rings is 3. The van der Waals surface area contributed by atoms with Crippen LogP contribution in [0.1, 0.15) is 48.2 Å². The molecular formula is C28H25ClFN3O. The Kier molecular flexibility index (Phi) is 5.88. The standard InChI is InChI=1S/C28H25ClFN3O/c1-18(2)19-9-11-20(12-10-19)27-26-8-5-15-32(26)25-7-4-3-6-21(25)17-33(27)28(34)31-22-13-14-24(30)23(29)16-22/h3-16,18,27H,17H2,1-2H3,(H,31,34). The number of hydrogen-bond donors (Lipinski definition) is 1. The number of halogens is 2. The van der Waals surface area contributed by atoms with Crippen LogP contribution in [0.5, 0.6) is 0 Å². The van der Waals surface area contributed by atoms with Crippen LogP contribution in [-0.2, 0) is 6.54 Å².